The molecule has 132 valence electrons. The lowest BCUT2D eigenvalue weighted by molar-refractivity contribution is -0.117. The molecular weight excluding hydrogens is 328 g/mol. The van der Waals surface area contributed by atoms with E-state index < -0.39 is 0 Å². The van der Waals surface area contributed by atoms with Gasteiger partial charge >= 0.3 is 0 Å². The number of carbonyl (C=O) groups is 1. The van der Waals surface area contributed by atoms with Crippen molar-refractivity contribution < 1.29 is 9.32 Å². The highest BCUT2D eigenvalue weighted by Crippen LogP contribution is 2.38. The first-order valence-corrected chi connectivity index (χ1v) is 8.68. The first-order chi connectivity index (χ1) is 12.6. The number of hydrogen-bond donors (Lipinski definition) is 2. The Kier molecular flexibility index (Phi) is 4.26. The van der Waals surface area contributed by atoms with Crippen LogP contribution >= 0.6 is 0 Å². The summed E-state index contributed by atoms with van der Waals surface area (Å²) in [5.41, 5.74) is 9.03. The van der Waals surface area contributed by atoms with Crippen LogP contribution in [-0.4, -0.2) is 16.0 Å². The molecule has 26 heavy (non-hydrogen) atoms. The molecule has 0 aliphatic heterocycles. The minimum atomic E-state index is 0.0702. The van der Waals surface area contributed by atoms with Crippen LogP contribution in [0, 0.1) is 11.8 Å². The molecule has 1 aliphatic rings. The Labute approximate surface area is 151 Å². The number of hydrogen-bond acceptors (Lipinski definition) is 5. The third-order valence-electron chi connectivity index (χ3n) is 4.70. The Morgan fingerprint density at radius 3 is 2.69 bits per heavy atom. The van der Waals surface area contributed by atoms with Gasteiger partial charge in [0.2, 0.25) is 11.7 Å². The van der Waals surface area contributed by atoms with E-state index in [2.05, 4.69) is 22.4 Å². The van der Waals surface area contributed by atoms with E-state index in [1.165, 1.54) is 0 Å². The number of nitrogens with one attached hydrogen (secondary N) is 1. The van der Waals surface area contributed by atoms with Crippen molar-refractivity contribution in [2.24, 2.45) is 17.6 Å². The fourth-order valence-corrected chi connectivity index (χ4v) is 2.90. The van der Waals surface area contributed by atoms with Crippen LogP contribution in [0.4, 0.5) is 5.69 Å². The Morgan fingerprint density at radius 1 is 1.23 bits per heavy atom. The highest BCUT2D eigenvalue weighted by molar-refractivity contribution is 5.94. The van der Waals surface area contributed by atoms with E-state index in [0.717, 1.165) is 28.8 Å². The summed E-state index contributed by atoms with van der Waals surface area (Å²) in [7, 11) is 0. The van der Waals surface area contributed by atoms with Gasteiger partial charge in [-0.2, -0.15) is 4.98 Å². The molecular formula is C20H20N4O2. The number of nitrogens with two attached hydrogens (primary N) is 1. The van der Waals surface area contributed by atoms with E-state index in [1.807, 2.05) is 48.5 Å². The van der Waals surface area contributed by atoms with Gasteiger partial charge in [-0.3, -0.25) is 4.79 Å². The SMILES string of the molecule is CC1CC1C(=O)Nc1cccc(-c2nc(-c3ccc(CN)cc3)no2)c1. The standard InChI is InChI=1S/C20H20N4O2/c1-12-9-17(12)19(25)22-16-4-2-3-15(10-16)20-23-18(24-26-20)14-7-5-13(11-21)6-8-14/h2-8,10,12,17H,9,11,21H2,1H3,(H,22,25). The van der Waals surface area contributed by atoms with Crippen molar-refractivity contribution in [3.63, 3.8) is 0 Å². The van der Waals surface area contributed by atoms with Gasteiger partial charge in [-0.25, -0.2) is 0 Å². The number of rotatable bonds is 5. The molecule has 0 spiro atoms. The number of anilines is 1. The van der Waals surface area contributed by atoms with Gasteiger partial charge in [0, 0.05) is 29.3 Å². The van der Waals surface area contributed by atoms with Crippen LogP contribution < -0.4 is 11.1 Å². The molecule has 3 aromatic rings. The van der Waals surface area contributed by atoms with Crippen molar-refractivity contribution >= 4 is 11.6 Å². The summed E-state index contributed by atoms with van der Waals surface area (Å²) in [4.78, 5) is 16.6. The van der Waals surface area contributed by atoms with Crippen LogP contribution in [-0.2, 0) is 11.3 Å². The summed E-state index contributed by atoms with van der Waals surface area (Å²) in [6.45, 7) is 2.58. The van der Waals surface area contributed by atoms with Gasteiger partial charge in [-0.1, -0.05) is 42.4 Å². The second kappa shape index (κ2) is 6.72. The first kappa shape index (κ1) is 16.5. The zero-order chi connectivity index (χ0) is 18.1. The summed E-state index contributed by atoms with van der Waals surface area (Å²) in [5.74, 6) is 1.61. The lowest BCUT2D eigenvalue weighted by Crippen LogP contribution is -2.14. The number of aromatic nitrogens is 2. The smallest absolute Gasteiger partial charge is 0.258 e. The number of amides is 1. The van der Waals surface area contributed by atoms with Crippen LogP contribution in [0.1, 0.15) is 18.9 Å². The molecule has 3 N–H and O–H groups in total. The van der Waals surface area contributed by atoms with Crippen molar-refractivity contribution in [3.05, 3.63) is 54.1 Å². The number of carbonyl (C=O) groups excluding carboxylic acids is 1. The third-order valence-corrected chi connectivity index (χ3v) is 4.70. The molecule has 1 saturated carbocycles. The monoisotopic (exact) mass is 348 g/mol. The molecule has 6 nitrogen and oxygen atoms in total. The lowest BCUT2D eigenvalue weighted by Gasteiger charge is -2.05. The molecule has 2 aromatic carbocycles. The largest absolute Gasteiger partial charge is 0.334 e. The zero-order valence-corrected chi connectivity index (χ0v) is 14.5. The summed E-state index contributed by atoms with van der Waals surface area (Å²) in [5, 5.41) is 7.01. The molecule has 0 bridgehead atoms. The van der Waals surface area contributed by atoms with Gasteiger partial charge in [-0.15, -0.1) is 0 Å². The van der Waals surface area contributed by atoms with E-state index in [1.54, 1.807) is 0 Å². The molecule has 2 atom stereocenters. The molecule has 6 heteroatoms. The number of benzene rings is 2. The van der Waals surface area contributed by atoms with Gasteiger partial charge in [0.05, 0.1) is 0 Å². The second-order valence-corrected chi connectivity index (χ2v) is 6.71. The maximum Gasteiger partial charge on any atom is 0.258 e. The average Bonchev–Trinajstić information content (AvgIpc) is 3.20. The molecule has 0 radical (unpaired) electrons. The Hall–Kier alpha value is -2.99. The summed E-state index contributed by atoms with van der Waals surface area (Å²) in [6, 6.07) is 15.2. The summed E-state index contributed by atoms with van der Waals surface area (Å²) in [6.07, 6.45) is 0.960. The van der Waals surface area contributed by atoms with Crippen LogP contribution in [0.3, 0.4) is 0 Å². The number of nitrogens with zero attached hydrogens (tertiary/aromatic N) is 2. The zero-order valence-electron chi connectivity index (χ0n) is 14.5. The molecule has 1 heterocycles. The Bertz CT molecular complexity index is 933. The minimum Gasteiger partial charge on any atom is -0.334 e. The van der Waals surface area contributed by atoms with Crippen LogP contribution in [0.2, 0.25) is 0 Å². The summed E-state index contributed by atoms with van der Waals surface area (Å²) >= 11 is 0. The van der Waals surface area contributed by atoms with Crippen molar-refractivity contribution in [2.75, 3.05) is 5.32 Å². The molecule has 1 fully saturated rings. The van der Waals surface area contributed by atoms with Crippen molar-refractivity contribution in [1.82, 2.24) is 10.1 Å². The van der Waals surface area contributed by atoms with Gasteiger partial charge in [0.1, 0.15) is 0 Å². The maximum atomic E-state index is 12.1. The fraction of sp³-hybridized carbons (Fsp3) is 0.250. The predicted octanol–water partition coefficient (Wildman–Crippen LogP) is 3.46. The minimum absolute atomic E-state index is 0.0702. The van der Waals surface area contributed by atoms with E-state index >= 15 is 0 Å². The lowest BCUT2D eigenvalue weighted by atomic mass is 10.1. The molecule has 1 amide bonds. The second-order valence-electron chi connectivity index (χ2n) is 6.71. The first-order valence-electron chi connectivity index (χ1n) is 8.68. The molecule has 2 unspecified atom stereocenters. The van der Waals surface area contributed by atoms with E-state index in [4.69, 9.17) is 10.3 Å². The topological polar surface area (TPSA) is 94.0 Å². The van der Waals surface area contributed by atoms with E-state index in [9.17, 15) is 4.79 Å². The quantitative estimate of drug-likeness (QED) is 0.736. The maximum absolute atomic E-state index is 12.1. The normalized spacial score (nSPS) is 18.5. The highest BCUT2D eigenvalue weighted by atomic mass is 16.5. The highest BCUT2D eigenvalue weighted by Gasteiger charge is 2.39. The molecule has 0 saturated heterocycles. The van der Waals surface area contributed by atoms with Crippen molar-refractivity contribution in [2.45, 2.75) is 19.9 Å². The average molecular weight is 348 g/mol. The van der Waals surface area contributed by atoms with Crippen molar-refractivity contribution in [3.8, 4) is 22.8 Å². The van der Waals surface area contributed by atoms with Gasteiger partial charge in [0.15, 0.2) is 0 Å². The summed E-state index contributed by atoms with van der Waals surface area (Å²) < 4.78 is 5.40. The van der Waals surface area contributed by atoms with Crippen LogP contribution in [0.25, 0.3) is 22.8 Å². The third kappa shape index (κ3) is 3.36. The van der Waals surface area contributed by atoms with Gasteiger partial charge in [0.25, 0.3) is 5.89 Å². The van der Waals surface area contributed by atoms with E-state index in [-0.39, 0.29) is 11.8 Å². The van der Waals surface area contributed by atoms with Gasteiger partial charge in [-0.05, 0) is 36.1 Å². The Balaban J connectivity index is 1.53. The predicted molar refractivity (Wildman–Crippen MR) is 99.0 cm³/mol. The van der Waals surface area contributed by atoms with Gasteiger partial charge < -0.3 is 15.6 Å². The van der Waals surface area contributed by atoms with E-state index in [0.29, 0.717) is 24.2 Å². The van der Waals surface area contributed by atoms with Crippen molar-refractivity contribution in [1.29, 1.82) is 0 Å². The molecule has 4 rings (SSSR count). The Morgan fingerprint density at radius 2 is 2.00 bits per heavy atom. The van der Waals surface area contributed by atoms with Crippen LogP contribution in [0.15, 0.2) is 53.1 Å². The molecule has 1 aliphatic carbocycles. The molecule has 1 aromatic heterocycles. The fourth-order valence-electron chi connectivity index (χ4n) is 2.90. The van der Waals surface area contributed by atoms with Crippen LogP contribution in [0.5, 0.6) is 0 Å².